The van der Waals surface area contributed by atoms with Crippen LogP contribution in [0.25, 0.3) is 0 Å². The maximum absolute atomic E-state index is 11.9. The van der Waals surface area contributed by atoms with Crippen LogP contribution in [0.4, 0.5) is 10.5 Å². The van der Waals surface area contributed by atoms with Gasteiger partial charge in [0.05, 0.1) is 24.9 Å². The topological polar surface area (TPSA) is 87.7 Å². The summed E-state index contributed by atoms with van der Waals surface area (Å²) < 4.78 is 6.64. The van der Waals surface area contributed by atoms with Gasteiger partial charge in [-0.25, -0.2) is 4.79 Å². The molecule has 0 aliphatic carbocycles. The van der Waals surface area contributed by atoms with Gasteiger partial charge in [-0.3, -0.25) is 4.79 Å². The van der Waals surface area contributed by atoms with E-state index in [4.69, 9.17) is 9.84 Å². The molecule has 20 heavy (non-hydrogen) atoms. The number of hydrogen-bond donors (Lipinski definition) is 3. The summed E-state index contributed by atoms with van der Waals surface area (Å²) in [6, 6.07) is 4.37. The Kier molecular flexibility index (Phi) is 5.00. The summed E-state index contributed by atoms with van der Waals surface area (Å²) in [5, 5.41) is 14.3. The Morgan fingerprint density at radius 3 is 2.75 bits per heavy atom. The molecule has 1 aliphatic heterocycles. The third-order valence-electron chi connectivity index (χ3n) is 2.89. The van der Waals surface area contributed by atoms with Crippen LogP contribution in [0.5, 0.6) is 0 Å². The average molecular weight is 408 g/mol. The highest BCUT2D eigenvalue weighted by atomic mass is 79.9. The first kappa shape index (κ1) is 15.3. The van der Waals surface area contributed by atoms with E-state index in [9.17, 15) is 9.59 Å². The summed E-state index contributed by atoms with van der Waals surface area (Å²) in [4.78, 5) is 22.9. The van der Waals surface area contributed by atoms with Gasteiger partial charge >= 0.3 is 12.0 Å². The predicted molar refractivity (Wildman–Crippen MR) is 79.7 cm³/mol. The molecule has 0 spiro atoms. The zero-order valence-corrected chi connectivity index (χ0v) is 13.4. The summed E-state index contributed by atoms with van der Waals surface area (Å²) in [7, 11) is 0. The van der Waals surface area contributed by atoms with Crippen molar-refractivity contribution in [3.63, 3.8) is 0 Å². The Labute approximate surface area is 132 Å². The zero-order valence-electron chi connectivity index (χ0n) is 10.2. The fourth-order valence-corrected chi connectivity index (χ4v) is 2.57. The van der Waals surface area contributed by atoms with E-state index < -0.39 is 24.0 Å². The van der Waals surface area contributed by atoms with Crippen LogP contribution in [0.15, 0.2) is 27.1 Å². The summed E-state index contributed by atoms with van der Waals surface area (Å²) in [6.07, 6.45) is 0. The molecular formula is C12H12Br2N2O4. The van der Waals surface area contributed by atoms with Crippen molar-refractivity contribution in [2.75, 3.05) is 18.5 Å². The number of benzene rings is 1. The summed E-state index contributed by atoms with van der Waals surface area (Å²) in [5.74, 6) is -1.69. The largest absolute Gasteiger partial charge is 0.481 e. The van der Waals surface area contributed by atoms with Crippen molar-refractivity contribution in [1.82, 2.24) is 5.32 Å². The van der Waals surface area contributed by atoms with E-state index in [1.165, 1.54) is 0 Å². The number of halogens is 2. The van der Waals surface area contributed by atoms with E-state index in [0.717, 1.165) is 8.95 Å². The van der Waals surface area contributed by atoms with Crippen molar-refractivity contribution < 1.29 is 19.4 Å². The second-order valence-electron chi connectivity index (χ2n) is 4.31. The first-order valence-corrected chi connectivity index (χ1v) is 7.39. The van der Waals surface area contributed by atoms with Crippen LogP contribution in [0.1, 0.15) is 0 Å². The number of carboxylic acids is 1. The lowest BCUT2D eigenvalue weighted by molar-refractivity contribution is -0.142. The van der Waals surface area contributed by atoms with Crippen LogP contribution in [0.3, 0.4) is 0 Å². The SMILES string of the molecule is O=C(Nc1cc(Br)ccc1Br)NC1COCC1C(=O)O. The summed E-state index contributed by atoms with van der Waals surface area (Å²) in [5.41, 5.74) is 0.586. The highest BCUT2D eigenvalue weighted by Crippen LogP contribution is 2.26. The van der Waals surface area contributed by atoms with Crippen LogP contribution in [0.2, 0.25) is 0 Å². The van der Waals surface area contributed by atoms with Crippen LogP contribution in [-0.4, -0.2) is 36.4 Å². The predicted octanol–water partition coefficient (Wildman–Crippen LogP) is 2.43. The molecule has 3 N–H and O–H groups in total. The molecule has 2 atom stereocenters. The minimum absolute atomic E-state index is 0.112. The van der Waals surface area contributed by atoms with Crippen molar-refractivity contribution in [3.05, 3.63) is 27.1 Å². The lowest BCUT2D eigenvalue weighted by Crippen LogP contribution is -2.44. The molecule has 8 heteroatoms. The molecular weight excluding hydrogens is 396 g/mol. The summed E-state index contributed by atoms with van der Waals surface area (Å²) in [6.45, 7) is 0.310. The fourth-order valence-electron chi connectivity index (χ4n) is 1.86. The van der Waals surface area contributed by atoms with Crippen molar-refractivity contribution in [3.8, 4) is 0 Å². The number of carboxylic acid groups (broad SMARTS) is 1. The maximum Gasteiger partial charge on any atom is 0.319 e. The van der Waals surface area contributed by atoms with E-state index in [1.54, 1.807) is 12.1 Å². The highest BCUT2D eigenvalue weighted by molar-refractivity contribution is 9.11. The van der Waals surface area contributed by atoms with Crippen LogP contribution in [-0.2, 0) is 9.53 Å². The standard InChI is InChI=1S/C12H12Br2N2O4/c13-6-1-2-8(14)9(3-6)15-12(19)16-10-5-20-4-7(10)11(17)18/h1-3,7,10H,4-5H2,(H,17,18)(H2,15,16,19). The molecule has 1 heterocycles. The van der Waals surface area contributed by atoms with Gasteiger partial charge in [-0.05, 0) is 34.1 Å². The third-order valence-corrected chi connectivity index (χ3v) is 4.08. The van der Waals surface area contributed by atoms with Crippen LogP contribution < -0.4 is 10.6 Å². The van der Waals surface area contributed by atoms with Gasteiger partial charge in [0.15, 0.2) is 0 Å². The molecule has 1 aliphatic rings. The smallest absolute Gasteiger partial charge is 0.319 e. The number of aliphatic carboxylic acids is 1. The van der Waals surface area contributed by atoms with Crippen LogP contribution in [0, 0.1) is 5.92 Å². The number of amides is 2. The van der Waals surface area contributed by atoms with E-state index in [0.29, 0.717) is 5.69 Å². The third kappa shape index (κ3) is 3.71. The number of rotatable bonds is 3. The Morgan fingerprint density at radius 2 is 2.05 bits per heavy atom. The second kappa shape index (κ2) is 6.55. The monoisotopic (exact) mass is 406 g/mol. The Morgan fingerprint density at radius 1 is 1.30 bits per heavy atom. The first-order valence-electron chi connectivity index (χ1n) is 5.80. The van der Waals surface area contributed by atoms with Gasteiger partial charge in [-0.2, -0.15) is 0 Å². The van der Waals surface area contributed by atoms with Crippen molar-refractivity contribution in [2.45, 2.75) is 6.04 Å². The second-order valence-corrected chi connectivity index (χ2v) is 6.08. The molecule has 2 amide bonds. The number of nitrogens with one attached hydrogen (secondary N) is 2. The molecule has 1 saturated heterocycles. The fraction of sp³-hybridized carbons (Fsp3) is 0.333. The van der Waals surface area contributed by atoms with Crippen molar-refractivity contribution >= 4 is 49.5 Å². The molecule has 0 radical (unpaired) electrons. The molecule has 1 aromatic carbocycles. The molecule has 6 nitrogen and oxygen atoms in total. The van der Waals surface area contributed by atoms with Gasteiger partial charge in [0.2, 0.25) is 0 Å². The van der Waals surface area contributed by atoms with Gasteiger partial charge in [0, 0.05) is 8.95 Å². The number of urea groups is 1. The van der Waals surface area contributed by atoms with Gasteiger partial charge in [0.25, 0.3) is 0 Å². The number of anilines is 1. The molecule has 108 valence electrons. The number of ether oxygens (including phenoxy) is 1. The number of hydrogen-bond acceptors (Lipinski definition) is 3. The molecule has 2 unspecified atom stereocenters. The number of carbonyl (C=O) groups excluding carboxylic acids is 1. The van der Waals surface area contributed by atoms with E-state index >= 15 is 0 Å². The van der Waals surface area contributed by atoms with Gasteiger partial charge in [-0.15, -0.1) is 0 Å². The zero-order chi connectivity index (χ0) is 14.7. The first-order chi connectivity index (χ1) is 9.47. The normalized spacial score (nSPS) is 21.5. The van der Waals surface area contributed by atoms with Crippen molar-refractivity contribution in [1.29, 1.82) is 0 Å². The number of carbonyl (C=O) groups is 2. The maximum atomic E-state index is 11.9. The van der Waals surface area contributed by atoms with E-state index in [1.807, 2.05) is 6.07 Å². The highest BCUT2D eigenvalue weighted by Gasteiger charge is 2.35. The Hall–Kier alpha value is -1.12. The lowest BCUT2D eigenvalue weighted by atomic mass is 10.0. The molecule has 0 bridgehead atoms. The molecule has 1 fully saturated rings. The minimum atomic E-state index is -0.976. The van der Waals surface area contributed by atoms with E-state index in [2.05, 4.69) is 42.5 Å². The molecule has 1 aromatic rings. The van der Waals surface area contributed by atoms with Gasteiger partial charge in [-0.1, -0.05) is 15.9 Å². The quantitative estimate of drug-likeness (QED) is 0.718. The summed E-state index contributed by atoms with van der Waals surface area (Å²) >= 11 is 6.64. The van der Waals surface area contributed by atoms with Crippen molar-refractivity contribution in [2.24, 2.45) is 5.92 Å². The average Bonchev–Trinajstić information content (AvgIpc) is 2.82. The van der Waals surface area contributed by atoms with Crippen LogP contribution >= 0.6 is 31.9 Å². The molecule has 0 aromatic heterocycles. The molecule has 0 saturated carbocycles. The Balaban J connectivity index is 1.99. The van der Waals surface area contributed by atoms with Gasteiger partial charge < -0.3 is 20.5 Å². The minimum Gasteiger partial charge on any atom is -0.481 e. The Bertz CT molecular complexity index is 538. The van der Waals surface area contributed by atoms with E-state index in [-0.39, 0.29) is 13.2 Å². The lowest BCUT2D eigenvalue weighted by Gasteiger charge is -2.16. The van der Waals surface area contributed by atoms with Gasteiger partial charge in [0.1, 0.15) is 5.92 Å². The molecule has 2 rings (SSSR count).